The van der Waals surface area contributed by atoms with Crippen molar-refractivity contribution in [1.82, 2.24) is 19.3 Å². The third-order valence-corrected chi connectivity index (χ3v) is 5.29. The topological polar surface area (TPSA) is 120 Å². The van der Waals surface area contributed by atoms with Crippen LogP contribution in [0.3, 0.4) is 0 Å². The second kappa shape index (κ2) is 8.57. The van der Waals surface area contributed by atoms with Gasteiger partial charge in [0.2, 0.25) is 0 Å². The number of carbonyl (C=O) groups is 1. The van der Waals surface area contributed by atoms with Crippen LogP contribution in [0.5, 0.6) is 0 Å². The molecule has 2 heterocycles. The number of carbonyl (C=O) groups excluding carboxylic acids is 1. The molecule has 35 heavy (non-hydrogen) atoms. The molecular weight excluding hydrogens is 461 g/mol. The van der Waals surface area contributed by atoms with Gasteiger partial charge in [-0.1, -0.05) is 6.07 Å². The summed E-state index contributed by atoms with van der Waals surface area (Å²) in [5.74, 6) is -1.13. The number of primary amides is 1. The second-order valence-corrected chi connectivity index (χ2v) is 7.69. The Hall–Kier alpha value is -4.72. The third-order valence-electron chi connectivity index (χ3n) is 5.29. The van der Waals surface area contributed by atoms with Gasteiger partial charge >= 0.3 is 6.18 Å². The van der Waals surface area contributed by atoms with E-state index in [-0.39, 0.29) is 17.1 Å². The van der Waals surface area contributed by atoms with Crippen molar-refractivity contribution in [2.45, 2.75) is 20.0 Å². The summed E-state index contributed by atoms with van der Waals surface area (Å²) in [6, 6.07) is 14.3. The quantitative estimate of drug-likeness (QED) is 0.480. The smallest absolute Gasteiger partial charge is 0.364 e. The van der Waals surface area contributed by atoms with Gasteiger partial charge in [0.1, 0.15) is 5.69 Å². The summed E-state index contributed by atoms with van der Waals surface area (Å²) in [6.45, 7) is 3.22. The van der Waals surface area contributed by atoms with Crippen molar-refractivity contribution in [3.63, 3.8) is 0 Å². The molecule has 11 heteroatoms. The van der Waals surface area contributed by atoms with E-state index in [2.05, 4.69) is 10.1 Å². The Kier molecular flexibility index (Phi) is 5.74. The lowest BCUT2D eigenvalue weighted by Crippen LogP contribution is -2.32. The van der Waals surface area contributed by atoms with E-state index in [1.54, 1.807) is 37.3 Å². The van der Waals surface area contributed by atoms with Crippen LogP contribution in [0.15, 0.2) is 59.4 Å². The minimum Gasteiger partial charge on any atom is -0.364 e. The van der Waals surface area contributed by atoms with Gasteiger partial charge in [0, 0.05) is 5.69 Å². The number of benzene rings is 2. The molecule has 0 bridgehead atoms. The zero-order valence-electron chi connectivity index (χ0n) is 18.5. The average Bonchev–Trinajstić information content (AvgIpc) is 3.20. The molecule has 176 valence electrons. The zero-order valence-corrected chi connectivity index (χ0v) is 18.5. The Morgan fingerprint density at radius 3 is 2.34 bits per heavy atom. The Morgan fingerprint density at radius 1 is 1.06 bits per heavy atom. The highest BCUT2D eigenvalue weighted by Crippen LogP contribution is 2.31. The predicted molar refractivity (Wildman–Crippen MR) is 120 cm³/mol. The van der Waals surface area contributed by atoms with Crippen LogP contribution in [0.25, 0.3) is 22.8 Å². The van der Waals surface area contributed by atoms with Gasteiger partial charge < -0.3 is 5.73 Å². The molecule has 1 amide bonds. The molecule has 0 spiro atoms. The van der Waals surface area contributed by atoms with Crippen molar-refractivity contribution < 1.29 is 18.0 Å². The molecule has 4 rings (SSSR count). The molecule has 4 aromatic rings. The van der Waals surface area contributed by atoms with Crippen LogP contribution in [0.1, 0.15) is 33.0 Å². The van der Waals surface area contributed by atoms with E-state index >= 15 is 0 Å². The summed E-state index contributed by atoms with van der Waals surface area (Å²) in [5.41, 5.74) is 4.99. The van der Waals surface area contributed by atoms with Gasteiger partial charge in [-0.3, -0.25) is 14.2 Å². The highest BCUT2D eigenvalue weighted by molar-refractivity contribution is 5.91. The van der Waals surface area contributed by atoms with E-state index in [1.807, 2.05) is 6.07 Å². The Balaban J connectivity index is 2.01. The van der Waals surface area contributed by atoms with Crippen LogP contribution >= 0.6 is 0 Å². The largest absolute Gasteiger partial charge is 0.416 e. The number of aryl methyl sites for hydroxylation is 1. The van der Waals surface area contributed by atoms with Crippen LogP contribution < -0.4 is 11.3 Å². The van der Waals surface area contributed by atoms with Gasteiger partial charge in [-0.05, 0) is 62.4 Å². The predicted octanol–water partition coefficient (Wildman–Crippen LogP) is 3.69. The summed E-state index contributed by atoms with van der Waals surface area (Å²) in [4.78, 5) is 29.3. The molecule has 0 aliphatic heterocycles. The summed E-state index contributed by atoms with van der Waals surface area (Å²) in [6.07, 6.45) is -4.64. The maximum atomic E-state index is 13.3. The number of amides is 1. The van der Waals surface area contributed by atoms with E-state index in [0.717, 1.165) is 16.7 Å². The SMILES string of the molecule is Cc1cc(-c2nc(C(N)=O)c(=O)n(-c3cccc(C(F)(F)F)c3)c2C)n(-c2ccc(C#N)cc2)n1. The summed E-state index contributed by atoms with van der Waals surface area (Å²) in [7, 11) is 0. The van der Waals surface area contributed by atoms with E-state index < -0.39 is 28.9 Å². The standard InChI is InChI=1S/C24H17F3N6O2/c1-13-10-19(33(31-13)17-8-6-15(12-28)7-9-17)20-14(2)32(23(35)21(30-20)22(29)34)18-5-3-4-16(11-18)24(25,26)27/h3-11H,1-2H3,(H2,29,34). The van der Waals surface area contributed by atoms with Crippen molar-refractivity contribution in [2.75, 3.05) is 0 Å². The highest BCUT2D eigenvalue weighted by Gasteiger charge is 2.31. The minimum atomic E-state index is -4.64. The molecule has 0 fully saturated rings. The Labute approximate surface area is 196 Å². The lowest BCUT2D eigenvalue weighted by atomic mass is 10.1. The van der Waals surface area contributed by atoms with Crippen molar-refractivity contribution in [3.05, 3.63) is 93.2 Å². The van der Waals surface area contributed by atoms with Crippen LogP contribution in [-0.4, -0.2) is 25.2 Å². The molecule has 2 aromatic heterocycles. The lowest BCUT2D eigenvalue weighted by Gasteiger charge is -2.17. The molecule has 0 aliphatic carbocycles. The Bertz CT molecular complexity index is 1560. The summed E-state index contributed by atoms with van der Waals surface area (Å²) < 4.78 is 42.5. The Morgan fingerprint density at radius 2 is 1.74 bits per heavy atom. The summed E-state index contributed by atoms with van der Waals surface area (Å²) in [5, 5.41) is 13.5. The van der Waals surface area contributed by atoms with E-state index in [4.69, 9.17) is 11.0 Å². The number of hydrogen-bond acceptors (Lipinski definition) is 5. The molecule has 0 saturated heterocycles. The first-order chi connectivity index (χ1) is 16.5. The van der Waals surface area contributed by atoms with Crippen LogP contribution in [0, 0.1) is 25.2 Å². The monoisotopic (exact) mass is 478 g/mol. The van der Waals surface area contributed by atoms with Gasteiger partial charge in [0.15, 0.2) is 5.69 Å². The van der Waals surface area contributed by atoms with Crippen molar-refractivity contribution in [1.29, 1.82) is 5.26 Å². The maximum absolute atomic E-state index is 13.3. The fourth-order valence-electron chi connectivity index (χ4n) is 3.68. The maximum Gasteiger partial charge on any atom is 0.416 e. The number of halogens is 3. The molecule has 0 saturated carbocycles. The van der Waals surface area contributed by atoms with Crippen molar-refractivity contribution in [2.24, 2.45) is 5.73 Å². The van der Waals surface area contributed by atoms with Crippen molar-refractivity contribution >= 4 is 5.91 Å². The lowest BCUT2D eigenvalue weighted by molar-refractivity contribution is -0.137. The first-order valence-electron chi connectivity index (χ1n) is 10.2. The van der Waals surface area contributed by atoms with E-state index in [0.29, 0.717) is 22.6 Å². The second-order valence-electron chi connectivity index (χ2n) is 7.69. The fraction of sp³-hybridized carbons (Fsp3) is 0.125. The van der Waals surface area contributed by atoms with Gasteiger partial charge in [0.25, 0.3) is 11.5 Å². The molecule has 2 aromatic carbocycles. The van der Waals surface area contributed by atoms with E-state index in [1.165, 1.54) is 23.7 Å². The van der Waals surface area contributed by atoms with Crippen LogP contribution in [0.2, 0.25) is 0 Å². The van der Waals surface area contributed by atoms with Crippen LogP contribution in [-0.2, 0) is 6.18 Å². The number of rotatable bonds is 4. The van der Waals surface area contributed by atoms with E-state index in [9.17, 15) is 22.8 Å². The zero-order chi connectivity index (χ0) is 25.5. The number of alkyl halides is 3. The number of nitriles is 1. The van der Waals surface area contributed by atoms with Gasteiger partial charge in [-0.15, -0.1) is 0 Å². The van der Waals surface area contributed by atoms with Crippen LogP contribution in [0.4, 0.5) is 13.2 Å². The average molecular weight is 478 g/mol. The van der Waals surface area contributed by atoms with Crippen molar-refractivity contribution in [3.8, 4) is 28.8 Å². The highest BCUT2D eigenvalue weighted by atomic mass is 19.4. The third kappa shape index (κ3) is 4.29. The normalized spacial score (nSPS) is 11.3. The molecule has 0 aliphatic rings. The van der Waals surface area contributed by atoms with Gasteiger partial charge in [-0.2, -0.15) is 23.5 Å². The number of nitrogens with zero attached hydrogens (tertiary/aromatic N) is 5. The number of aromatic nitrogens is 4. The summed E-state index contributed by atoms with van der Waals surface area (Å²) >= 11 is 0. The minimum absolute atomic E-state index is 0.102. The molecule has 2 N–H and O–H groups in total. The number of nitrogens with two attached hydrogens (primary N) is 1. The number of hydrogen-bond donors (Lipinski definition) is 1. The first-order valence-corrected chi connectivity index (χ1v) is 10.2. The van der Waals surface area contributed by atoms with Gasteiger partial charge in [-0.25, -0.2) is 9.67 Å². The van der Waals surface area contributed by atoms with Gasteiger partial charge in [0.05, 0.1) is 40.0 Å². The first kappa shape index (κ1) is 23.4. The molecule has 0 radical (unpaired) electrons. The molecule has 0 atom stereocenters. The molecule has 0 unspecified atom stereocenters. The molecular formula is C24H17F3N6O2. The fourth-order valence-corrected chi connectivity index (χ4v) is 3.68. The molecule has 8 nitrogen and oxygen atoms in total.